The predicted molar refractivity (Wildman–Crippen MR) is 132 cm³/mol. The molecule has 3 heterocycles. The van der Waals surface area contributed by atoms with E-state index >= 15 is 4.39 Å². The summed E-state index contributed by atoms with van der Waals surface area (Å²) in [6, 6.07) is 9.15. The molecule has 2 aromatic rings. The Morgan fingerprint density at radius 3 is 2.59 bits per heavy atom. The number of imide groups is 1. The number of hydrogen-bond acceptors (Lipinski definition) is 8. The second-order valence-corrected chi connectivity index (χ2v) is 9.84. The van der Waals surface area contributed by atoms with Gasteiger partial charge in [0.2, 0.25) is 11.8 Å². The molecule has 0 spiro atoms. The molecule has 4 N–H and O–H groups in total. The van der Waals surface area contributed by atoms with Gasteiger partial charge in [0.25, 0.3) is 11.8 Å². The van der Waals surface area contributed by atoms with Crippen molar-refractivity contribution >= 4 is 31.3 Å². The SMILES string of the molecule is BC1(N2Cc3c(NC(O)(O)c4cccc(CN5CCOCC5)c4F)cccc3C2=O)CCC(=O)NC1=O. The summed E-state index contributed by atoms with van der Waals surface area (Å²) in [5.41, 5.74) is -0.332. The van der Waals surface area contributed by atoms with Gasteiger partial charge in [0.15, 0.2) is 0 Å². The minimum Gasteiger partial charge on any atom is -0.379 e. The Balaban J connectivity index is 1.40. The van der Waals surface area contributed by atoms with E-state index in [2.05, 4.69) is 10.6 Å². The molecule has 194 valence electrons. The Bertz CT molecular complexity index is 1270. The van der Waals surface area contributed by atoms with E-state index in [1.54, 1.807) is 38.2 Å². The third kappa shape index (κ3) is 4.61. The quantitative estimate of drug-likeness (QED) is 0.234. The summed E-state index contributed by atoms with van der Waals surface area (Å²) in [6.07, 6.45) is 0.273. The first-order valence-electron chi connectivity index (χ1n) is 12.2. The molecular weight excluding hydrogens is 482 g/mol. The van der Waals surface area contributed by atoms with Crippen LogP contribution in [0.2, 0.25) is 0 Å². The van der Waals surface area contributed by atoms with E-state index in [0.29, 0.717) is 44.0 Å². The smallest absolute Gasteiger partial charge is 0.275 e. The van der Waals surface area contributed by atoms with Gasteiger partial charge in [-0.05, 0) is 24.6 Å². The van der Waals surface area contributed by atoms with Gasteiger partial charge in [0, 0.05) is 55.0 Å². The molecule has 0 aliphatic carbocycles. The lowest BCUT2D eigenvalue weighted by Crippen LogP contribution is -2.63. The first-order chi connectivity index (χ1) is 17.6. The van der Waals surface area contributed by atoms with E-state index in [1.165, 1.54) is 11.0 Å². The van der Waals surface area contributed by atoms with Crippen LogP contribution >= 0.6 is 0 Å². The number of aliphatic hydroxyl groups is 2. The summed E-state index contributed by atoms with van der Waals surface area (Å²) in [6.45, 7) is 2.71. The fraction of sp³-hybridized carbons (Fsp3) is 0.400. The number of nitrogens with zero attached hydrogens (tertiary/aromatic N) is 2. The number of halogens is 1. The molecular formula is C25H28BFN4O6. The molecule has 2 fully saturated rings. The highest BCUT2D eigenvalue weighted by Crippen LogP contribution is 2.37. The van der Waals surface area contributed by atoms with E-state index in [0.717, 1.165) is 0 Å². The minimum absolute atomic E-state index is 0.00504. The molecule has 0 aromatic heterocycles. The standard InChI is InChI=1S/C25H28BFN4O6/c26-24(8-7-20(32)28-23(24)34)31-14-17-16(22(31)33)4-2-6-19(17)29-25(35,36)18-5-1-3-15(21(18)27)13-30-9-11-37-12-10-30/h1-6,29,35-36H,7-14,26H2,(H,28,32,34). The lowest BCUT2D eigenvalue weighted by atomic mass is 9.70. The first kappa shape index (κ1) is 25.3. The van der Waals surface area contributed by atoms with Crippen molar-refractivity contribution in [2.75, 3.05) is 31.6 Å². The number of benzene rings is 2. The summed E-state index contributed by atoms with van der Waals surface area (Å²) >= 11 is 0. The summed E-state index contributed by atoms with van der Waals surface area (Å²) in [7, 11) is 1.60. The average molecular weight is 510 g/mol. The highest BCUT2D eigenvalue weighted by atomic mass is 19.1. The maximum Gasteiger partial charge on any atom is 0.275 e. The van der Waals surface area contributed by atoms with Crippen LogP contribution in [0.3, 0.4) is 0 Å². The molecule has 2 saturated heterocycles. The molecule has 0 saturated carbocycles. The molecule has 1 atom stereocenters. The third-order valence-electron chi connectivity index (χ3n) is 7.41. The topological polar surface area (TPSA) is 131 Å². The fourth-order valence-electron chi connectivity index (χ4n) is 5.13. The van der Waals surface area contributed by atoms with Crippen LogP contribution in [-0.4, -0.2) is 77.3 Å². The number of piperidine rings is 1. The van der Waals surface area contributed by atoms with Crippen molar-refractivity contribution in [3.63, 3.8) is 0 Å². The van der Waals surface area contributed by atoms with Crippen molar-refractivity contribution in [3.8, 4) is 0 Å². The van der Waals surface area contributed by atoms with Gasteiger partial charge in [-0.15, -0.1) is 0 Å². The van der Waals surface area contributed by atoms with Gasteiger partial charge in [0.05, 0.1) is 24.2 Å². The molecule has 3 aliphatic rings. The van der Waals surface area contributed by atoms with Crippen LogP contribution in [-0.2, 0) is 33.3 Å². The molecule has 0 radical (unpaired) electrons. The van der Waals surface area contributed by atoms with Crippen molar-refractivity contribution in [2.24, 2.45) is 0 Å². The van der Waals surface area contributed by atoms with Gasteiger partial charge >= 0.3 is 0 Å². The zero-order valence-electron chi connectivity index (χ0n) is 20.4. The summed E-state index contributed by atoms with van der Waals surface area (Å²) in [5.74, 6) is -4.89. The molecule has 10 nitrogen and oxygen atoms in total. The van der Waals surface area contributed by atoms with Gasteiger partial charge in [-0.3, -0.25) is 24.6 Å². The Hall–Kier alpha value is -3.32. The summed E-state index contributed by atoms with van der Waals surface area (Å²) in [5, 5.41) is 26.8. The zero-order chi connectivity index (χ0) is 26.4. The van der Waals surface area contributed by atoms with Gasteiger partial charge in [-0.2, -0.15) is 0 Å². The van der Waals surface area contributed by atoms with Crippen molar-refractivity contribution < 1.29 is 33.7 Å². The number of morpholine rings is 1. The van der Waals surface area contributed by atoms with E-state index in [9.17, 15) is 24.6 Å². The highest BCUT2D eigenvalue weighted by molar-refractivity contribution is 6.32. The number of carbonyl (C=O) groups excluding carboxylic acids is 3. The number of rotatable bonds is 6. The van der Waals surface area contributed by atoms with Gasteiger partial charge in [-0.25, -0.2) is 4.39 Å². The molecule has 1 unspecified atom stereocenters. The Morgan fingerprint density at radius 1 is 1.14 bits per heavy atom. The number of nitrogens with one attached hydrogen (secondary N) is 2. The van der Waals surface area contributed by atoms with E-state index < -0.39 is 34.9 Å². The molecule has 3 aliphatic heterocycles. The van der Waals surface area contributed by atoms with E-state index in [1.807, 2.05) is 4.90 Å². The van der Waals surface area contributed by atoms with Gasteiger partial charge in [0.1, 0.15) is 13.7 Å². The Kier molecular flexibility index (Phi) is 6.53. The maximum atomic E-state index is 15.4. The van der Waals surface area contributed by atoms with Crippen LogP contribution in [0.25, 0.3) is 0 Å². The van der Waals surface area contributed by atoms with Crippen LogP contribution in [0.15, 0.2) is 36.4 Å². The molecule has 12 heteroatoms. The Labute approximate surface area is 213 Å². The highest BCUT2D eigenvalue weighted by Gasteiger charge is 2.48. The van der Waals surface area contributed by atoms with Crippen molar-refractivity contribution in [3.05, 3.63) is 64.5 Å². The monoisotopic (exact) mass is 510 g/mol. The van der Waals surface area contributed by atoms with Crippen LogP contribution in [0.4, 0.5) is 10.1 Å². The van der Waals surface area contributed by atoms with Crippen LogP contribution in [0.1, 0.15) is 39.9 Å². The van der Waals surface area contributed by atoms with Gasteiger partial charge in [-0.1, -0.05) is 18.2 Å². The van der Waals surface area contributed by atoms with E-state index in [-0.39, 0.29) is 36.2 Å². The molecule has 0 bridgehead atoms. The lowest BCUT2D eigenvalue weighted by molar-refractivity contribution is -0.146. The van der Waals surface area contributed by atoms with Crippen LogP contribution in [0, 0.1) is 5.82 Å². The fourth-order valence-corrected chi connectivity index (χ4v) is 5.13. The second kappa shape index (κ2) is 9.53. The number of fused-ring (bicyclic) bond motifs is 1. The number of carbonyl (C=O) groups is 3. The zero-order valence-corrected chi connectivity index (χ0v) is 20.4. The molecule has 2 aromatic carbocycles. The van der Waals surface area contributed by atoms with Crippen molar-refractivity contribution in [1.82, 2.24) is 15.1 Å². The molecule has 37 heavy (non-hydrogen) atoms. The van der Waals surface area contributed by atoms with Crippen LogP contribution < -0.4 is 10.6 Å². The van der Waals surface area contributed by atoms with Crippen molar-refractivity contribution in [1.29, 1.82) is 0 Å². The summed E-state index contributed by atoms with van der Waals surface area (Å²) in [4.78, 5) is 40.9. The second-order valence-electron chi connectivity index (χ2n) is 9.84. The maximum absolute atomic E-state index is 15.4. The number of amides is 3. The predicted octanol–water partition coefficient (Wildman–Crippen LogP) is -0.413. The normalized spacial score (nSPS) is 22.7. The molecule has 3 amide bonds. The first-order valence-corrected chi connectivity index (χ1v) is 12.2. The number of ether oxygens (including phenoxy) is 1. The third-order valence-corrected chi connectivity index (χ3v) is 7.41. The Morgan fingerprint density at radius 2 is 1.86 bits per heavy atom. The average Bonchev–Trinajstić information content (AvgIpc) is 3.21. The summed E-state index contributed by atoms with van der Waals surface area (Å²) < 4.78 is 20.8. The molecule has 5 rings (SSSR count). The minimum atomic E-state index is -2.78. The van der Waals surface area contributed by atoms with Gasteiger partial charge < -0.3 is 25.2 Å². The number of hydrogen-bond donors (Lipinski definition) is 4. The largest absolute Gasteiger partial charge is 0.379 e. The number of anilines is 1. The lowest BCUT2D eigenvalue weighted by Gasteiger charge is -2.40. The van der Waals surface area contributed by atoms with E-state index in [4.69, 9.17) is 4.74 Å². The van der Waals surface area contributed by atoms with Crippen LogP contribution in [0.5, 0.6) is 0 Å². The van der Waals surface area contributed by atoms with Crippen molar-refractivity contribution in [2.45, 2.75) is 37.3 Å².